The number of carbonyl (C=O) groups excluding carboxylic acids is 3. The molecular formula is C35H43N9O3. The third-order valence-electron chi connectivity index (χ3n) is 10.2. The summed E-state index contributed by atoms with van der Waals surface area (Å²) >= 11 is 0. The predicted molar refractivity (Wildman–Crippen MR) is 174 cm³/mol. The molecule has 246 valence electrons. The Hall–Kier alpha value is -4.63. The molecule has 1 aromatic heterocycles. The summed E-state index contributed by atoms with van der Waals surface area (Å²) in [6.07, 6.45) is 3.51. The Morgan fingerprint density at radius 3 is 2.09 bits per heavy atom. The summed E-state index contributed by atoms with van der Waals surface area (Å²) in [6.45, 7) is 4.35. The minimum atomic E-state index is -0.903. The third-order valence-corrected chi connectivity index (χ3v) is 10.2. The number of carbonyl (C=O) groups is 3. The molecule has 1 saturated carbocycles. The molecule has 0 unspecified atom stereocenters. The maximum atomic E-state index is 13.5. The van der Waals surface area contributed by atoms with Crippen LogP contribution >= 0.6 is 0 Å². The molecule has 4 atom stereocenters. The number of rotatable bonds is 9. The van der Waals surface area contributed by atoms with Gasteiger partial charge in [-0.2, -0.15) is 5.26 Å². The first-order valence-corrected chi connectivity index (χ1v) is 16.3. The Balaban J connectivity index is 1.46. The van der Waals surface area contributed by atoms with Crippen LogP contribution in [0.1, 0.15) is 81.9 Å². The van der Waals surface area contributed by atoms with E-state index in [0.717, 1.165) is 35.1 Å². The number of nitrogens with one attached hydrogen (secondary N) is 2. The highest BCUT2D eigenvalue weighted by molar-refractivity contribution is 5.95. The Bertz CT molecular complexity index is 1650. The van der Waals surface area contributed by atoms with Crippen LogP contribution in [0.15, 0.2) is 36.4 Å². The topological polar surface area (TPSA) is 151 Å². The van der Waals surface area contributed by atoms with Crippen molar-refractivity contribution in [2.24, 2.45) is 11.8 Å². The summed E-state index contributed by atoms with van der Waals surface area (Å²) in [5, 5.41) is 28.9. The van der Waals surface area contributed by atoms with Crippen molar-refractivity contribution in [3.63, 3.8) is 0 Å². The minimum Gasteiger partial charge on any atom is -0.345 e. The molecule has 2 aromatic carbocycles. The molecule has 2 aliphatic carbocycles. The van der Waals surface area contributed by atoms with Gasteiger partial charge in [-0.15, -0.1) is 5.10 Å². The van der Waals surface area contributed by atoms with E-state index in [9.17, 15) is 19.6 Å². The van der Waals surface area contributed by atoms with Crippen LogP contribution in [0, 0.1) is 23.2 Å². The molecule has 0 spiro atoms. The maximum absolute atomic E-state index is 13.5. The van der Waals surface area contributed by atoms with Crippen LogP contribution in [-0.2, 0) is 23.1 Å². The van der Waals surface area contributed by atoms with Gasteiger partial charge in [0.05, 0.1) is 18.0 Å². The van der Waals surface area contributed by atoms with Gasteiger partial charge in [0.15, 0.2) is 5.82 Å². The maximum Gasteiger partial charge on any atom is 0.253 e. The number of benzene rings is 2. The fourth-order valence-electron chi connectivity index (χ4n) is 7.66. The summed E-state index contributed by atoms with van der Waals surface area (Å²) in [6, 6.07) is 13.6. The molecule has 47 heavy (non-hydrogen) atoms. The van der Waals surface area contributed by atoms with Gasteiger partial charge in [0.25, 0.3) is 11.8 Å². The molecule has 2 heterocycles. The number of H-pyrrole nitrogens is 1. The summed E-state index contributed by atoms with van der Waals surface area (Å²) in [4.78, 5) is 44.6. The highest BCUT2D eigenvalue weighted by Gasteiger charge is 2.54. The fourth-order valence-corrected chi connectivity index (χ4v) is 7.66. The average Bonchev–Trinajstić information content (AvgIpc) is 3.44. The first-order valence-electron chi connectivity index (χ1n) is 16.3. The van der Waals surface area contributed by atoms with Crippen LogP contribution in [0.2, 0.25) is 0 Å². The highest BCUT2D eigenvalue weighted by atomic mass is 16.2. The van der Waals surface area contributed by atoms with Crippen molar-refractivity contribution in [2.45, 2.75) is 69.5 Å². The van der Waals surface area contributed by atoms with E-state index in [2.05, 4.69) is 45.9 Å². The number of hydrogen-bond donors (Lipinski definition) is 2. The van der Waals surface area contributed by atoms with Crippen LogP contribution in [0.3, 0.4) is 0 Å². The van der Waals surface area contributed by atoms with Crippen molar-refractivity contribution < 1.29 is 14.4 Å². The molecule has 0 bridgehead atoms. The Labute approximate surface area is 275 Å². The zero-order chi connectivity index (χ0) is 33.6. The quantitative estimate of drug-likeness (QED) is 0.363. The van der Waals surface area contributed by atoms with Gasteiger partial charge in [-0.3, -0.25) is 14.4 Å². The lowest BCUT2D eigenvalue weighted by Gasteiger charge is -2.39. The average molecular weight is 638 g/mol. The van der Waals surface area contributed by atoms with E-state index in [4.69, 9.17) is 0 Å². The van der Waals surface area contributed by atoms with Gasteiger partial charge in [-0.1, -0.05) is 26.0 Å². The van der Waals surface area contributed by atoms with Gasteiger partial charge >= 0.3 is 0 Å². The van der Waals surface area contributed by atoms with Crippen LogP contribution in [0.25, 0.3) is 0 Å². The van der Waals surface area contributed by atoms with Crippen molar-refractivity contribution in [3.8, 4) is 6.07 Å². The van der Waals surface area contributed by atoms with Gasteiger partial charge in [0.1, 0.15) is 6.04 Å². The lowest BCUT2D eigenvalue weighted by atomic mass is 9.66. The molecule has 2 fully saturated rings. The van der Waals surface area contributed by atoms with Crippen LogP contribution < -0.4 is 5.32 Å². The van der Waals surface area contributed by atoms with E-state index >= 15 is 0 Å². The van der Waals surface area contributed by atoms with E-state index in [1.54, 1.807) is 42.9 Å². The molecule has 0 radical (unpaired) electrons. The van der Waals surface area contributed by atoms with E-state index in [-0.39, 0.29) is 48.3 Å². The molecular weight excluding hydrogens is 594 g/mol. The summed E-state index contributed by atoms with van der Waals surface area (Å²) in [5.41, 5.74) is 4.22. The molecule has 2 N–H and O–H groups in total. The zero-order valence-electron chi connectivity index (χ0n) is 27.9. The van der Waals surface area contributed by atoms with Gasteiger partial charge in [-0.25, -0.2) is 5.10 Å². The number of tetrazole rings is 1. The van der Waals surface area contributed by atoms with Gasteiger partial charge < -0.3 is 20.0 Å². The van der Waals surface area contributed by atoms with E-state index in [1.807, 2.05) is 36.4 Å². The summed E-state index contributed by atoms with van der Waals surface area (Å²) in [5.74, 6) is 0.868. The number of amides is 3. The molecule has 12 nitrogen and oxygen atoms in total. The van der Waals surface area contributed by atoms with E-state index in [0.29, 0.717) is 42.1 Å². The van der Waals surface area contributed by atoms with Crippen LogP contribution in [0.5, 0.6) is 0 Å². The smallest absolute Gasteiger partial charge is 0.253 e. The number of aryl methyl sites for hydroxylation is 2. The second-order valence-electron chi connectivity index (χ2n) is 14.0. The van der Waals surface area contributed by atoms with Crippen molar-refractivity contribution in [1.82, 2.24) is 40.6 Å². The highest BCUT2D eigenvalue weighted by Crippen LogP contribution is 2.49. The number of aromatic amines is 1. The van der Waals surface area contributed by atoms with Gasteiger partial charge in [-0.05, 0) is 101 Å². The fraction of sp³-hybridized carbons (Fsp3) is 0.514. The molecule has 12 heteroatoms. The van der Waals surface area contributed by atoms with E-state index < -0.39 is 5.41 Å². The van der Waals surface area contributed by atoms with Crippen molar-refractivity contribution in [2.75, 3.05) is 34.7 Å². The first kappa shape index (κ1) is 32.3. The normalized spacial score (nSPS) is 21.1. The van der Waals surface area contributed by atoms with Crippen LogP contribution in [-0.4, -0.2) is 106 Å². The summed E-state index contributed by atoms with van der Waals surface area (Å²) in [7, 11) is 6.95. The second-order valence-corrected chi connectivity index (χ2v) is 14.0. The minimum absolute atomic E-state index is 0.0528. The predicted octanol–water partition coefficient (Wildman–Crippen LogP) is 2.55. The Morgan fingerprint density at radius 2 is 1.60 bits per heavy atom. The standard InChI is InChI=1S/C35H43N9O3/c1-20(2)29(37-19-31(45)44-26(18-36)15-25-16-30(25)44)17-35(34-38-40-41-39-34)27-11-9-23(32(46)42(3)4)13-21(27)7-8-22-14-24(10-12-28(22)35)33(47)43(5)6/h9-14,20,25-26,29-30,37H,7-8,15-17,19H2,1-6H3,(H,38,39,40,41)/t25-,26+,29+,30+/m1/s1. The SMILES string of the molecule is CC(C)[C@H](CC1(c2nnn[nH]2)c2ccc(C(=O)N(C)C)cc2CCc2cc(C(=O)N(C)C)ccc21)NCC(=O)N1[C@H](C#N)C[C@@H]2C[C@@H]21. The monoisotopic (exact) mass is 637 g/mol. The molecule has 1 saturated heterocycles. The van der Waals surface area contributed by atoms with Crippen molar-refractivity contribution in [3.05, 3.63) is 75.6 Å². The molecule has 3 aliphatic rings. The number of likely N-dealkylation sites (tertiary alicyclic amines) is 1. The largest absolute Gasteiger partial charge is 0.345 e. The zero-order valence-corrected chi connectivity index (χ0v) is 27.9. The number of piperidine rings is 1. The summed E-state index contributed by atoms with van der Waals surface area (Å²) < 4.78 is 0. The molecule has 3 aromatic rings. The number of aromatic nitrogens is 4. The van der Waals surface area contributed by atoms with Crippen molar-refractivity contribution >= 4 is 17.7 Å². The lowest BCUT2D eigenvalue weighted by Crippen LogP contribution is -2.49. The van der Waals surface area contributed by atoms with Crippen LogP contribution in [0.4, 0.5) is 0 Å². The van der Waals surface area contributed by atoms with Gasteiger partial charge in [0.2, 0.25) is 5.91 Å². The molecule has 1 aliphatic heterocycles. The lowest BCUT2D eigenvalue weighted by molar-refractivity contribution is -0.131. The number of nitriles is 1. The number of nitrogens with zero attached hydrogens (tertiary/aromatic N) is 7. The number of fused-ring (bicyclic) bond motifs is 3. The van der Waals surface area contributed by atoms with Gasteiger partial charge in [0, 0.05) is 51.4 Å². The Kier molecular flexibility index (Phi) is 8.61. The Morgan fingerprint density at radius 1 is 1.00 bits per heavy atom. The first-order chi connectivity index (χ1) is 22.5. The molecule has 3 amide bonds. The number of hydrogen-bond acceptors (Lipinski definition) is 8. The van der Waals surface area contributed by atoms with Crippen molar-refractivity contribution in [1.29, 1.82) is 5.26 Å². The second kappa shape index (κ2) is 12.5. The third kappa shape index (κ3) is 5.78. The molecule has 6 rings (SSSR count). The van der Waals surface area contributed by atoms with E-state index in [1.165, 1.54) is 0 Å².